The largest absolute Gasteiger partial charge is 0.496 e. The summed E-state index contributed by atoms with van der Waals surface area (Å²) in [5.74, 6) is 0.721. The van der Waals surface area contributed by atoms with Gasteiger partial charge in [0.1, 0.15) is 10.8 Å². The van der Waals surface area contributed by atoms with E-state index in [1.165, 1.54) is 0 Å². The lowest BCUT2D eigenvalue weighted by Crippen LogP contribution is -2.28. The Morgan fingerprint density at radius 1 is 1.16 bits per heavy atom. The van der Waals surface area contributed by atoms with Gasteiger partial charge in [0.25, 0.3) is 0 Å². The summed E-state index contributed by atoms with van der Waals surface area (Å²) in [5, 5.41) is 5.89. The van der Waals surface area contributed by atoms with Gasteiger partial charge in [-0.2, -0.15) is 0 Å². The Bertz CT molecular complexity index is 846. The molecule has 0 aliphatic carbocycles. The van der Waals surface area contributed by atoms with E-state index >= 15 is 0 Å². The number of thiazole rings is 1. The van der Waals surface area contributed by atoms with E-state index in [1.807, 2.05) is 66.9 Å². The molecule has 1 amide bonds. The molecule has 0 aliphatic heterocycles. The molecule has 128 valence electrons. The van der Waals surface area contributed by atoms with Gasteiger partial charge in [-0.1, -0.05) is 48.5 Å². The van der Waals surface area contributed by atoms with Crippen LogP contribution in [0.25, 0.3) is 10.6 Å². The molecule has 0 aliphatic rings. The van der Waals surface area contributed by atoms with Crippen LogP contribution in [0.2, 0.25) is 0 Å². The monoisotopic (exact) mass is 352 g/mol. The molecule has 1 aromatic heterocycles. The highest BCUT2D eigenvalue weighted by Crippen LogP contribution is 2.25. The molecule has 0 saturated heterocycles. The van der Waals surface area contributed by atoms with Crippen LogP contribution in [0.1, 0.15) is 24.2 Å². The van der Waals surface area contributed by atoms with Gasteiger partial charge >= 0.3 is 0 Å². The zero-order valence-corrected chi connectivity index (χ0v) is 15.0. The Morgan fingerprint density at radius 2 is 1.88 bits per heavy atom. The number of amides is 1. The highest BCUT2D eigenvalue weighted by atomic mass is 32.1. The average Bonchev–Trinajstić information content (AvgIpc) is 3.10. The lowest BCUT2D eigenvalue weighted by molar-refractivity contribution is -0.121. The lowest BCUT2D eigenvalue weighted by atomic mass is 10.1. The number of hydrogen-bond donors (Lipinski definition) is 1. The van der Waals surface area contributed by atoms with Crippen LogP contribution in [-0.4, -0.2) is 18.0 Å². The number of carbonyl (C=O) groups excluding carboxylic acids is 1. The quantitative estimate of drug-likeness (QED) is 0.722. The third-order valence-electron chi connectivity index (χ3n) is 3.90. The summed E-state index contributed by atoms with van der Waals surface area (Å²) in [6, 6.07) is 17.6. The lowest BCUT2D eigenvalue weighted by Gasteiger charge is -2.17. The second kappa shape index (κ2) is 7.94. The van der Waals surface area contributed by atoms with Crippen molar-refractivity contribution in [1.29, 1.82) is 0 Å². The molecule has 3 rings (SSSR count). The standard InChI is InChI=1S/C20H20N2O2S/c1-14(17-10-6-7-11-18(17)24-2)21-19(23)12-16-13-25-20(22-16)15-8-4-3-5-9-15/h3-11,13-14H,12H2,1-2H3,(H,21,23)/t14-/m1/s1. The van der Waals surface area contributed by atoms with Gasteiger partial charge in [0, 0.05) is 16.5 Å². The first-order valence-corrected chi connectivity index (χ1v) is 8.97. The predicted octanol–water partition coefficient (Wildman–Crippen LogP) is 4.24. The van der Waals surface area contributed by atoms with E-state index in [2.05, 4.69) is 10.3 Å². The van der Waals surface area contributed by atoms with Crippen molar-refractivity contribution in [3.63, 3.8) is 0 Å². The van der Waals surface area contributed by atoms with Crippen LogP contribution >= 0.6 is 11.3 Å². The Hall–Kier alpha value is -2.66. The molecule has 0 unspecified atom stereocenters. The summed E-state index contributed by atoms with van der Waals surface area (Å²) < 4.78 is 5.36. The normalized spacial score (nSPS) is 11.8. The highest BCUT2D eigenvalue weighted by molar-refractivity contribution is 7.13. The van der Waals surface area contributed by atoms with Crippen molar-refractivity contribution in [3.05, 3.63) is 71.2 Å². The number of rotatable bonds is 6. The molecule has 4 nitrogen and oxygen atoms in total. The maximum atomic E-state index is 12.4. The first-order valence-electron chi connectivity index (χ1n) is 8.09. The predicted molar refractivity (Wildman–Crippen MR) is 101 cm³/mol. The molecular formula is C20H20N2O2S. The van der Waals surface area contributed by atoms with Gasteiger partial charge in [-0.25, -0.2) is 4.98 Å². The Balaban J connectivity index is 1.64. The minimum atomic E-state index is -0.129. The van der Waals surface area contributed by atoms with E-state index < -0.39 is 0 Å². The van der Waals surface area contributed by atoms with Crippen molar-refractivity contribution in [2.75, 3.05) is 7.11 Å². The van der Waals surface area contributed by atoms with Crippen molar-refractivity contribution in [2.45, 2.75) is 19.4 Å². The average molecular weight is 352 g/mol. The van der Waals surface area contributed by atoms with Crippen LogP contribution in [0, 0.1) is 0 Å². The van der Waals surface area contributed by atoms with Gasteiger partial charge in [0.05, 0.1) is 25.3 Å². The van der Waals surface area contributed by atoms with Gasteiger partial charge in [0.15, 0.2) is 0 Å². The minimum absolute atomic E-state index is 0.0525. The Morgan fingerprint density at radius 3 is 2.64 bits per heavy atom. The van der Waals surface area contributed by atoms with Gasteiger partial charge < -0.3 is 10.1 Å². The number of benzene rings is 2. The van der Waals surface area contributed by atoms with E-state index in [0.717, 1.165) is 27.6 Å². The second-order valence-corrected chi connectivity index (χ2v) is 6.58. The van der Waals surface area contributed by atoms with Gasteiger partial charge in [-0.15, -0.1) is 11.3 Å². The number of hydrogen-bond acceptors (Lipinski definition) is 4. The van der Waals surface area contributed by atoms with E-state index in [-0.39, 0.29) is 18.4 Å². The number of methoxy groups -OCH3 is 1. The zero-order chi connectivity index (χ0) is 17.6. The summed E-state index contributed by atoms with van der Waals surface area (Å²) in [7, 11) is 1.63. The number of aromatic nitrogens is 1. The molecule has 0 saturated carbocycles. The highest BCUT2D eigenvalue weighted by Gasteiger charge is 2.15. The molecule has 3 aromatic rings. The van der Waals surface area contributed by atoms with Crippen LogP contribution in [0.15, 0.2) is 60.0 Å². The van der Waals surface area contributed by atoms with Crippen molar-refractivity contribution in [2.24, 2.45) is 0 Å². The number of ether oxygens (including phenoxy) is 1. The molecule has 1 heterocycles. The van der Waals surface area contributed by atoms with Gasteiger partial charge in [0.2, 0.25) is 5.91 Å². The van der Waals surface area contributed by atoms with Crippen molar-refractivity contribution < 1.29 is 9.53 Å². The van der Waals surface area contributed by atoms with E-state index in [4.69, 9.17) is 4.74 Å². The second-order valence-electron chi connectivity index (χ2n) is 5.72. The van der Waals surface area contributed by atoms with E-state index in [9.17, 15) is 4.79 Å². The summed E-state index contributed by atoms with van der Waals surface area (Å²) in [4.78, 5) is 16.9. The first-order chi connectivity index (χ1) is 12.2. The fourth-order valence-corrected chi connectivity index (χ4v) is 3.49. The topological polar surface area (TPSA) is 51.2 Å². The van der Waals surface area contributed by atoms with Crippen molar-refractivity contribution in [1.82, 2.24) is 10.3 Å². The van der Waals surface area contributed by atoms with Gasteiger partial charge in [-0.05, 0) is 13.0 Å². The molecule has 5 heteroatoms. The van der Waals surface area contributed by atoms with Crippen molar-refractivity contribution in [3.8, 4) is 16.3 Å². The van der Waals surface area contributed by atoms with Crippen LogP contribution in [-0.2, 0) is 11.2 Å². The number of carbonyl (C=O) groups is 1. The Kier molecular flexibility index (Phi) is 5.46. The zero-order valence-electron chi connectivity index (χ0n) is 14.2. The molecule has 1 N–H and O–H groups in total. The first kappa shape index (κ1) is 17.2. The SMILES string of the molecule is COc1ccccc1[C@@H](C)NC(=O)Cc1csc(-c2ccccc2)n1. The molecule has 1 atom stereocenters. The summed E-state index contributed by atoms with van der Waals surface area (Å²) in [5.41, 5.74) is 2.82. The molecule has 0 spiro atoms. The molecule has 25 heavy (non-hydrogen) atoms. The maximum absolute atomic E-state index is 12.4. The molecular weight excluding hydrogens is 332 g/mol. The Labute approximate surface area is 151 Å². The summed E-state index contributed by atoms with van der Waals surface area (Å²) in [6.45, 7) is 1.95. The minimum Gasteiger partial charge on any atom is -0.496 e. The third kappa shape index (κ3) is 4.25. The number of nitrogens with one attached hydrogen (secondary N) is 1. The molecule has 2 aromatic carbocycles. The van der Waals surface area contributed by atoms with Crippen molar-refractivity contribution >= 4 is 17.2 Å². The van der Waals surface area contributed by atoms with Crippen LogP contribution in [0.4, 0.5) is 0 Å². The molecule has 0 fully saturated rings. The molecule has 0 radical (unpaired) electrons. The van der Waals surface area contributed by atoms with Crippen LogP contribution in [0.5, 0.6) is 5.75 Å². The van der Waals surface area contributed by atoms with Crippen LogP contribution in [0.3, 0.4) is 0 Å². The maximum Gasteiger partial charge on any atom is 0.226 e. The van der Waals surface area contributed by atoms with E-state index in [0.29, 0.717) is 0 Å². The van der Waals surface area contributed by atoms with Crippen LogP contribution < -0.4 is 10.1 Å². The van der Waals surface area contributed by atoms with E-state index in [1.54, 1.807) is 18.4 Å². The number of para-hydroxylation sites is 1. The summed E-state index contributed by atoms with van der Waals surface area (Å²) >= 11 is 1.55. The number of nitrogens with zero attached hydrogens (tertiary/aromatic N) is 1. The fraction of sp³-hybridized carbons (Fsp3) is 0.200. The van der Waals surface area contributed by atoms with Gasteiger partial charge in [-0.3, -0.25) is 4.79 Å². The third-order valence-corrected chi connectivity index (χ3v) is 4.84. The summed E-state index contributed by atoms with van der Waals surface area (Å²) in [6.07, 6.45) is 0.267. The fourth-order valence-electron chi connectivity index (χ4n) is 2.66. The smallest absolute Gasteiger partial charge is 0.226 e. The molecule has 0 bridgehead atoms.